The van der Waals surface area contributed by atoms with Gasteiger partial charge in [-0.15, -0.1) is 0 Å². The fourth-order valence-electron chi connectivity index (χ4n) is 3.23. The number of hydrogen-bond donors (Lipinski definition) is 2. The van der Waals surface area contributed by atoms with Gasteiger partial charge in [-0.3, -0.25) is 0 Å². The second-order valence-corrected chi connectivity index (χ2v) is 5.61. The molecule has 0 radical (unpaired) electrons. The minimum atomic E-state index is 0.0222. The lowest BCUT2D eigenvalue weighted by molar-refractivity contribution is 0.173. The Morgan fingerprint density at radius 1 is 0.667 bits per heavy atom. The standard InChI is InChI=1S/C18H18O6/c19-7-5-11-1-3-13-17(23-9-21-13)15(11)16-12(6-8-20)2-4-14-18(16)24-10-22-14/h1-4,19-20H,5-10H2. The summed E-state index contributed by atoms with van der Waals surface area (Å²) in [4.78, 5) is 0. The topological polar surface area (TPSA) is 77.4 Å². The Hall–Kier alpha value is -2.44. The van der Waals surface area contributed by atoms with Crippen LogP contribution in [0.5, 0.6) is 23.0 Å². The van der Waals surface area contributed by atoms with Crippen LogP contribution in [0.15, 0.2) is 24.3 Å². The summed E-state index contributed by atoms with van der Waals surface area (Å²) in [6.07, 6.45) is 0.962. The number of fused-ring (bicyclic) bond motifs is 2. The molecule has 2 aromatic carbocycles. The number of aliphatic hydroxyl groups is 2. The van der Waals surface area contributed by atoms with Crippen molar-refractivity contribution in [3.8, 4) is 34.1 Å². The molecule has 24 heavy (non-hydrogen) atoms. The van der Waals surface area contributed by atoms with Gasteiger partial charge in [0, 0.05) is 24.3 Å². The van der Waals surface area contributed by atoms with Gasteiger partial charge in [0.25, 0.3) is 0 Å². The highest BCUT2D eigenvalue weighted by molar-refractivity contribution is 5.86. The molecule has 0 aromatic heterocycles. The Morgan fingerprint density at radius 2 is 1.12 bits per heavy atom. The monoisotopic (exact) mass is 330 g/mol. The predicted octanol–water partition coefficient (Wildman–Crippen LogP) is 1.88. The average Bonchev–Trinajstić information content (AvgIpc) is 3.24. The second-order valence-electron chi connectivity index (χ2n) is 5.61. The van der Waals surface area contributed by atoms with Crippen LogP contribution in [0.4, 0.5) is 0 Å². The summed E-state index contributed by atoms with van der Waals surface area (Å²) < 4.78 is 22.4. The van der Waals surface area contributed by atoms with Crippen LogP contribution < -0.4 is 18.9 Å². The summed E-state index contributed by atoms with van der Waals surface area (Å²) in [5.74, 6) is 2.62. The summed E-state index contributed by atoms with van der Waals surface area (Å²) in [7, 11) is 0. The summed E-state index contributed by atoms with van der Waals surface area (Å²) in [6.45, 7) is 0.363. The van der Waals surface area contributed by atoms with Crippen LogP contribution in [0.1, 0.15) is 11.1 Å². The van der Waals surface area contributed by atoms with Crippen molar-refractivity contribution in [2.75, 3.05) is 26.8 Å². The third-order valence-electron chi connectivity index (χ3n) is 4.26. The largest absolute Gasteiger partial charge is 0.454 e. The second kappa shape index (κ2) is 6.22. The zero-order valence-corrected chi connectivity index (χ0v) is 13.1. The minimum absolute atomic E-state index is 0.0222. The first-order chi connectivity index (χ1) is 11.8. The molecule has 0 fully saturated rings. The van der Waals surface area contributed by atoms with Gasteiger partial charge in [-0.1, -0.05) is 12.1 Å². The van der Waals surface area contributed by atoms with E-state index < -0.39 is 0 Å². The van der Waals surface area contributed by atoms with Gasteiger partial charge >= 0.3 is 0 Å². The molecule has 4 rings (SSSR count). The van der Waals surface area contributed by atoms with Crippen LogP contribution in [-0.2, 0) is 12.8 Å². The Labute approximate surface area is 139 Å². The first kappa shape index (κ1) is 15.1. The van der Waals surface area contributed by atoms with Crippen LogP contribution >= 0.6 is 0 Å². The van der Waals surface area contributed by atoms with Crippen LogP contribution in [0.3, 0.4) is 0 Å². The molecule has 2 aliphatic heterocycles. The van der Waals surface area contributed by atoms with Gasteiger partial charge in [-0.25, -0.2) is 0 Å². The van der Waals surface area contributed by atoms with E-state index >= 15 is 0 Å². The Bertz CT molecular complexity index is 705. The van der Waals surface area contributed by atoms with E-state index in [1.54, 1.807) is 0 Å². The maximum atomic E-state index is 9.44. The summed E-state index contributed by atoms with van der Waals surface area (Å²) >= 11 is 0. The Morgan fingerprint density at radius 3 is 1.54 bits per heavy atom. The molecular formula is C18H18O6. The fraction of sp³-hybridized carbons (Fsp3) is 0.333. The van der Waals surface area contributed by atoms with Crippen molar-refractivity contribution in [3.05, 3.63) is 35.4 Å². The molecule has 0 unspecified atom stereocenters. The quantitative estimate of drug-likeness (QED) is 0.872. The highest BCUT2D eigenvalue weighted by atomic mass is 16.7. The lowest BCUT2D eigenvalue weighted by atomic mass is 9.90. The van der Waals surface area contributed by atoms with Crippen LogP contribution in [0, 0.1) is 0 Å². The van der Waals surface area contributed by atoms with E-state index in [0.717, 1.165) is 22.3 Å². The minimum Gasteiger partial charge on any atom is -0.454 e. The van der Waals surface area contributed by atoms with E-state index in [1.165, 1.54) is 0 Å². The molecule has 126 valence electrons. The van der Waals surface area contributed by atoms with E-state index in [2.05, 4.69) is 0 Å². The molecule has 2 aromatic rings. The van der Waals surface area contributed by atoms with E-state index in [1.807, 2.05) is 24.3 Å². The van der Waals surface area contributed by atoms with Crippen molar-refractivity contribution in [2.24, 2.45) is 0 Å². The van der Waals surface area contributed by atoms with Crippen molar-refractivity contribution in [1.82, 2.24) is 0 Å². The molecule has 0 bridgehead atoms. The van der Waals surface area contributed by atoms with Gasteiger partial charge in [-0.05, 0) is 36.1 Å². The van der Waals surface area contributed by atoms with Crippen LogP contribution in [-0.4, -0.2) is 37.0 Å². The molecule has 2 N–H and O–H groups in total. The summed E-state index contributed by atoms with van der Waals surface area (Å²) in [5.41, 5.74) is 3.55. The van der Waals surface area contributed by atoms with Crippen LogP contribution in [0.25, 0.3) is 11.1 Å². The van der Waals surface area contributed by atoms with E-state index in [4.69, 9.17) is 18.9 Å². The van der Waals surface area contributed by atoms with Gasteiger partial charge in [0.1, 0.15) is 0 Å². The van der Waals surface area contributed by atoms with Crippen molar-refractivity contribution in [1.29, 1.82) is 0 Å². The molecular weight excluding hydrogens is 312 g/mol. The highest BCUT2D eigenvalue weighted by Gasteiger charge is 2.29. The molecule has 0 spiro atoms. The number of aliphatic hydroxyl groups excluding tert-OH is 2. The molecule has 2 heterocycles. The fourth-order valence-corrected chi connectivity index (χ4v) is 3.23. The molecule has 2 aliphatic rings. The third-order valence-corrected chi connectivity index (χ3v) is 4.26. The normalized spacial score (nSPS) is 14.2. The van der Waals surface area contributed by atoms with Gasteiger partial charge in [-0.2, -0.15) is 0 Å². The van der Waals surface area contributed by atoms with Crippen molar-refractivity contribution < 1.29 is 29.2 Å². The average molecular weight is 330 g/mol. The molecule has 6 heteroatoms. The molecule has 0 saturated heterocycles. The molecule has 0 atom stereocenters. The van der Waals surface area contributed by atoms with Crippen LogP contribution in [0.2, 0.25) is 0 Å². The summed E-state index contributed by atoms with van der Waals surface area (Å²) in [6, 6.07) is 7.56. The number of hydrogen-bond acceptors (Lipinski definition) is 6. The van der Waals surface area contributed by atoms with Crippen molar-refractivity contribution in [2.45, 2.75) is 12.8 Å². The Balaban J connectivity index is 1.99. The summed E-state index contributed by atoms with van der Waals surface area (Å²) in [5, 5.41) is 18.9. The zero-order valence-electron chi connectivity index (χ0n) is 13.1. The Kier molecular flexibility index (Phi) is 3.92. The van der Waals surface area contributed by atoms with E-state index in [0.29, 0.717) is 35.8 Å². The number of rotatable bonds is 5. The van der Waals surface area contributed by atoms with E-state index in [9.17, 15) is 10.2 Å². The van der Waals surface area contributed by atoms with Crippen molar-refractivity contribution in [3.63, 3.8) is 0 Å². The maximum absolute atomic E-state index is 9.44. The number of ether oxygens (including phenoxy) is 4. The maximum Gasteiger partial charge on any atom is 0.231 e. The number of benzene rings is 2. The molecule has 6 nitrogen and oxygen atoms in total. The molecule has 0 saturated carbocycles. The lowest BCUT2D eigenvalue weighted by Crippen LogP contribution is -2.02. The van der Waals surface area contributed by atoms with E-state index in [-0.39, 0.29) is 26.8 Å². The first-order valence-corrected chi connectivity index (χ1v) is 7.88. The van der Waals surface area contributed by atoms with Crippen molar-refractivity contribution >= 4 is 0 Å². The predicted molar refractivity (Wildman–Crippen MR) is 85.7 cm³/mol. The van der Waals surface area contributed by atoms with Gasteiger partial charge in [0.05, 0.1) is 0 Å². The first-order valence-electron chi connectivity index (χ1n) is 7.88. The van der Waals surface area contributed by atoms with Gasteiger partial charge in [0.2, 0.25) is 13.6 Å². The zero-order chi connectivity index (χ0) is 16.5. The smallest absolute Gasteiger partial charge is 0.231 e. The van der Waals surface area contributed by atoms with Gasteiger partial charge < -0.3 is 29.2 Å². The molecule has 0 aliphatic carbocycles. The highest BCUT2D eigenvalue weighted by Crippen LogP contribution is 2.51. The SMILES string of the molecule is OCCc1ccc2c(c1-c1c(CCO)ccc3c1OCO3)OCO2. The third kappa shape index (κ3) is 2.35. The van der Waals surface area contributed by atoms with Gasteiger partial charge in [0.15, 0.2) is 23.0 Å². The lowest BCUT2D eigenvalue weighted by Gasteiger charge is -2.17. The molecule has 0 amide bonds.